The molecule has 120 valence electrons. The van der Waals surface area contributed by atoms with Crippen molar-refractivity contribution in [1.29, 1.82) is 0 Å². The minimum absolute atomic E-state index is 0.109. The molecule has 0 N–H and O–H groups in total. The normalized spacial score (nSPS) is 22.0. The van der Waals surface area contributed by atoms with Crippen molar-refractivity contribution in [3.8, 4) is 22.6 Å². The Balaban J connectivity index is 2.46. The lowest BCUT2D eigenvalue weighted by Crippen LogP contribution is -2.09. The van der Waals surface area contributed by atoms with Gasteiger partial charge in [-0.15, -0.1) is 0 Å². The van der Waals surface area contributed by atoms with Crippen LogP contribution in [-0.2, 0) is 0 Å². The fourth-order valence-corrected chi connectivity index (χ4v) is 4.91. The zero-order valence-electron chi connectivity index (χ0n) is 12.6. The van der Waals surface area contributed by atoms with Crippen LogP contribution in [-0.4, -0.2) is 19.0 Å². The summed E-state index contributed by atoms with van der Waals surface area (Å²) in [5.74, 6) is 1.66. The van der Waals surface area contributed by atoms with E-state index >= 15 is 0 Å². The first kappa shape index (κ1) is 17.1. The molecule has 2 aromatic rings. The molecule has 0 saturated carbocycles. The number of ether oxygens (including phenoxy) is 2. The number of methoxy groups -OCH3 is 2. The highest BCUT2D eigenvalue weighted by molar-refractivity contribution is 9.15. The van der Waals surface area contributed by atoms with E-state index in [1.54, 1.807) is 14.2 Å². The van der Waals surface area contributed by atoms with Crippen LogP contribution in [0.3, 0.4) is 0 Å². The summed E-state index contributed by atoms with van der Waals surface area (Å²) in [6, 6.07) is 12.2. The number of alkyl halides is 2. The van der Waals surface area contributed by atoms with E-state index in [1.807, 2.05) is 24.3 Å². The molecular formula is C18H15Br3O2. The van der Waals surface area contributed by atoms with Gasteiger partial charge in [-0.05, 0) is 17.7 Å². The van der Waals surface area contributed by atoms with E-state index in [1.165, 1.54) is 0 Å². The molecule has 5 heteroatoms. The number of hydrogen-bond acceptors (Lipinski definition) is 2. The molecule has 3 rings (SSSR count). The summed E-state index contributed by atoms with van der Waals surface area (Å²) < 4.78 is 12.3. The third-order valence-electron chi connectivity index (χ3n) is 3.91. The third-order valence-corrected chi connectivity index (χ3v) is 7.17. The molecule has 2 atom stereocenters. The van der Waals surface area contributed by atoms with Crippen LogP contribution in [0.25, 0.3) is 15.6 Å². The molecule has 0 saturated heterocycles. The highest BCUT2D eigenvalue weighted by Crippen LogP contribution is 2.50. The Morgan fingerprint density at radius 1 is 0.870 bits per heavy atom. The van der Waals surface area contributed by atoms with Crippen molar-refractivity contribution in [3.63, 3.8) is 0 Å². The molecule has 0 radical (unpaired) electrons. The molecule has 0 fully saturated rings. The quantitative estimate of drug-likeness (QED) is 0.447. The predicted octanol–water partition coefficient (Wildman–Crippen LogP) is 6.32. The smallest absolute Gasteiger partial charge is 0.127 e. The molecule has 2 nitrogen and oxygen atoms in total. The lowest BCUT2D eigenvalue weighted by atomic mass is 9.89. The second-order valence-corrected chi connectivity index (χ2v) is 8.07. The van der Waals surface area contributed by atoms with Gasteiger partial charge in [0.2, 0.25) is 0 Å². The van der Waals surface area contributed by atoms with Gasteiger partial charge in [-0.2, -0.15) is 0 Å². The van der Waals surface area contributed by atoms with Crippen molar-refractivity contribution in [2.75, 3.05) is 14.2 Å². The van der Waals surface area contributed by atoms with Gasteiger partial charge in [-0.1, -0.05) is 78.1 Å². The SMILES string of the molecule is COc1cccc2c1-c1c(OC)cccc1C(Br)C(Br)/C=C\2Br. The molecule has 0 amide bonds. The summed E-state index contributed by atoms with van der Waals surface area (Å²) in [6.45, 7) is 0. The highest BCUT2D eigenvalue weighted by Gasteiger charge is 2.28. The molecule has 2 aromatic carbocycles. The number of rotatable bonds is 2. The van der Waals surface area contributed by atoms with Crippen LogP contribution < -0.4 is 9.47 Å². The van der Waals surface area contributed by atoms with Gasteiger partial charge in [-0.3, -0.25) is 0 Å². The Bertz CT molecular complexity index is 771. The van der Waals surface area contributed by atoms with E-state index in [0.29, 0.717) is 0 Å². The van der Waals surface area contributed by atoms with E-state index in [4.69, 9.17) is 9.47 Å². The number of allylic oxidation sites excluding steroid dienone is 1. The maximum atomic E-state index is 5.66. The van der Waals surface area contributed by atoms with Gasteiger partial charge in [0, 0.05) is 21.2 Å². The van der Waals surface area contributed by atoms with Crippen molar-refractivity contribution in [1.82, 2.24) is 0 Å². The topological polar surface area (TPSA) is 18.5 Å². The minimum Gasteiger partial charge on any atom is -0.496 e. The summed E-state index contributed by atoms with van der Waals surface area (Å²) in [4.78, 5) is 0.250. The first-order valence-corrected chi connectivity index (χ1v) is 9.71. The summed E-state index contributed by atoms with van der Waals surface area (Å²) in [5, 5.41) is 0. The van der Waals surface area contributed by atoms with E-state index in [0.717, 1.165) is 38.2 Å². The molecule has 0 spiro atoms. The monoisotopic (exact) mass is 500 g/mol. The molecule has 0 bridgehead atoms. The van der Waals surface area contributed by atoms with Crippen molar-refractivity contribution >= 4 is 52.3 Å². The maximum absolute atomic E-state index is 5.66. The van der Waals surface area contributed by atoms with Gasteiger partial charge in [0.05, 0.1) is 23.9 Å². The Morgan fingerprint density at radius 2 is 1.48 bits per heavy atom. The summed E-state index contributed by atoms with van der Waals surface area (Å²) in [6.07, 6.45) is 2.15. The van der Waals surface area contributed by atoms with Crippen LogP contribution >= 0.6 is 47.8 Å². The van der Waals surface area contributed by atoms with Crippen LogP contribution in [0, 0.1) is 0 Å². The first-order chi connectivity index (χ1) is 11.1. The van der Waals surface area contributed by atoms with Crippen LogP contribution in [0.15, 0.2) is 42.5 Å². The van der Waals surface area contributed by atoms with Crippen LogP contribution in [0.4, 0.5) is 0 Å². The Labute approximate surface area is 161 Å². The van der Waals surface area contributed by atoms with Crippen molar-refractivity contribution in [3.05, 3.63) is 53.6 Å². The van der Waals surface area contributed by atoms with E-state index < -0.39 is 0 Å². The summed E-state index contributed by atoms with van der Waals surface area (Å²) in [5.41, 5.74) is 4.33. The van der Waals surface area contributed by atoms with Gasteiger partial charge in [0.25, 0.3) is 0 Å². The fraction of sp³-hybridized carbons (Fsp3) is 0.222. The van der Waals surface area contributed by atoms with Crippen LogP contribution in [0.5, 0.6) is 11.5 Å². The second kappa shape index (κ2) is 6.99. The van der Waals surface area contributed by atoms with E-state index in [-0.39, 0.29) is 9.65 Å². The van der Waals surface area contributed by atoms with Crippen molar-refractivity contribution in [2.45, 2.75) is 9.65 Å². The second-order valence-electron chi connectivity index (χ2n) is 5.17. The zero-order chi connectivity index (χ0) is 16.6. The van der Waals surface area contributed by atoms with Crippen molar-refractivity contribution in [2.24, 2.45) is 0 Å². The molecule has 0 aromatic heterocycles. The number of benzene rings is 2. The molecule has 1 aliphatic carbocycles. The summed E-state index contributed by atoms with van der Waals surface area (Å²) >= 11 is 11.3. The van der Waals surface area contributed by atoms with Crippen molar-refractivity contribution < 1.29 is 9.47 Å². The molecule has 23 heavy (non-hydrogen) atoms. The number of hydrogen-bond donors (Lipinski definition) is 0. The molecule has 0 aliphatic heterocycles. The highest BCUT2D eigenvalue weighted by atomic mass is 79.9. The zero-order valence-corrected chi connectivity index (χ0v) is 17.4. The molecule has 0 heterocycles. The predicted molar refractivity (Wildman–Crippen MR) is 106 cm³/mol. The summed E-state index contributed by atoms with van der Waals surface area (Å²) in [7, 11) is 3.39. The largest absolute Gasteiger partial charge is 0.496 e. The average molecular weight is 503 g/mol. The van der Waals surface area contributed by atoms with Gasteiger partial charge >= 0.3 is 0 Å². The minimum atomic E-state index is 0.109. The van der Waals surface area contributed by atoms with E-state index in [9.17, 15) is 0 Å². The third kappa shape index (κ3) is 2.99. The van der Waals surface area contributed by atoms with Gasteiger partial charge in [0.1, 0.15) is 11.5 Å². The average Bonchev–Trinajstić information content (AvgIpc) is 2.58. The Morgan fingerprint density at radius 3 is 2.13 bits per heavy atom. The number of halogens is 3. The lowest BCUT2D eigenvalue weighted by molar-refractivity contribution is 0.410. The standard InChI is InChI=1S/C18H15Br3O2/c1-22-14-7-3-5-10-12(19)9-13(20)18(21)11-6-4-8-15(23-2)17(11)16(10)14/h3-9,13,18H,1-2H3/b12-9+. The Kier molecular flexibility index (Phi) is 5.19. The van der Waals surface area contributed by atoms with Gasteiger partial charge in [0.15, 0.2) is 0 Å². The van der Waals surface area contributed by atoms with Crippen LogP contribution in [0.1, 0.15) is 16.0 Å². The fourth-order valence-electron chi connectivity index (χ4n) is 2.86. The molecule has 2 unspecified atom stereocenters. The van der Waals surface area contributed by atoms with Gasteiger partial charge in [-0.25, -0.2) is 0 Å². The van der Waals surface area contributed by atoms with E-state index in [2.05, 4.69) is 66.0 Å². The maximum Gasteiger partial charge on any atom is 0.127 e. The Hall–Kier alpha value is -0.780. The number of fused-ring (bicyclic) bond motifs is 3. The first-order valence-electron chi connectivity index (χ1n) is 7.08. The van der Waals surface area contributed by atoms with Gasteiger partial charge < -0.3 is 9.47 Å². The molecule has 1 aliphatic rings. The van der Waals surface area contributed by atoms with Crippen LogP contribution in [0.2, 0.25) is 0 Å². The molecular weight excluding hydrogens is 488 g/mol. The lowest BCUT2D eigenvalue weighted by Gasteiger charge is -2.26.